The molecule has 3 saturated heterocycles. The van der Waals surface area contributed by atoms with Crippen LogP contribution >= 0.6 is 38.8 Å². The third kappa shape index (κ3) is 5.64. The van der Waals surface area contributed by atoms with Crippen LogP contribution in [0.3, 0.4) is 0 Å². The molecule has 0 aromatic carbocycles. The zero-order valence-corrected chi connectivity index (χ0v) is 26.3. The molecule has 0 bridgehead atoms. The number of alkyl halides is 1. The van der Waals surface area contributed by atoms with Gasteiger partial charge in [-0.2, -0.15) is 0 Å². The van der Waals surface area contributed by atoms with Crippen molar-refractivity contribution in [1.29, 1.82) is 0 Å². The Morgan fingerprint density at radius 1 is 0.911 bits per heavy atom. The van der Waals surface area contributed by atoms with E-state index >= 15 is 4.39 Å². The number of nitrogens with two attached hydrogens (primary N) is 2. The number of hydrogen-bond donors (Lipinski definition) is 8. The molecule has 8 atom stereocenters. The van der Waals surface area contributed by atoms with Gasteiger partial charge in [0, 0.05) is 0 Å². The second kappa shape index (κ2) is 11.4. The number of aromatic nitrogens is 8. The van der Waals surface area contributed by atoms with Gasteiger partial charge < -0.3 is 0 Å². The zero-order valence-electron chi connectivity index (χ0n) is 22.5. The van der Waals surface area contributed by atoms with Crippen LogP contribution in [0.15, 0.2) is 23.8 Å². The first-order chi connectivity index (χ1) is 21.3. The van der Waals surface area contributed by atoms with Crippen LogP contribution in [0.4, 0.5) is 16.2 Å². The molecular formula is C20H27FN10O10P2S2. The molecule has 4 aromatic heterocycles. The molecule has 25 heteroatoms. The summed E-state index contributed by atoms with van der Waals surface area (Å²) < 4.78 is 53.0. The fraction of sp³-hybridized carbons (Fsp3) is 0.500. The van der Waals surface area contributed by atoms with Crippen molar-refractivity contribution in [2.45, 2.75) is 49.1 Å². The molecule has 8 N–H and O–H groups in total. The Bertz CT molecular complexity index is 1820. The molecule has 0 saturated carbocycles. The molecule has 246 valence electrons. The number of rotatable bonds is 2. The summed E-state index contributed by atoms with van der Waals surface area (Å²) in [6.07, 6.45) is -7.91. The van der Waals surface area contributed by atoms with E-state index in [2.05, 4.69) is 54.4 Å². The maximum atomic E-state index is 16.0. The monoisotopic (exact) mass is 712 g/mol. The summed E-state index contributed by atoms with van der Waals surface area (Å²) in [5, 5.41) is 11.3. The standard InChI is InChI=1S/C20H27FN10O10P2S2/c21-8-12-6(38-18(8)30-4-26-9-14(22)24-3-25-15(9)30)1-36-43(35,45)41-13-7(2-37-42(34,44)40-12)39-19(11(13)32)31-5-27-10-16(31)28-20(23)29-17(10)33/h3-8,11-13,18-19,32,34-35,42-45H,1-2H2,(H2,22,24,25)(H3,23,28,29,33)/t6-,7-,8-,11-,12-,13-,18-,19-/m1/s1. The predicted octanol–water partition coefficient (Wildman–Crippen LogP) is -0.901. The minimum absolute atomic E-state index is 0.00934. The van der Waals surface area contributed by atoms with Crippen LogP contribution in [-0.2, 0) is 27.6 Å². The van der Waals surface area contributed by atoms with Crippen LogP contribution < -0.4 is 17.0 Å². The molecule has 3 aliphatic rings. The molecule has 0 spiro atoms. The number of halogens is 1. The number of anilines is 2. The van der Waals surface area contributed by atoms with Gasteiger partial charge in [0.2, 0.25) is 0 Å². The van der Waals surface area contributed by atoms with E-state index in [-0.39, 0.29) is 34.1 Å². The predicted molar refractivity (Wildman–Crippen MR) is 162 cm³/mol. The van der Waals surface area contributed by atoms with Crippen molar-refractivity contribution in [3.05, 3.63) is 29.3 Å². The second-order valence-electron chi connectivity index (χ2n) is 10.3. The molecule has 3 aliphatic heterocycles. The van der Waals surface area contributed by atoms with Crippen molar-refractivity contribution in [3.8, 4) is 0 Å². The number of nitrogen functional groups attached to an aromatic ring is 2. The topological polar surface area (TPSA) is 275 Å². The molecule has 0 radical (unpaired) electrons. The molecule has 7 heterocycles. The first kappa shape index (κ1) is 31.2. The summed E-state index contributed by atoms with van der Waals surface area (Å²) in [6, 6.07) is 0. The van der Waals surface area contributed by atoms with E-state index in [9.17, 15) is 19.7 Å². The van der Waals surface area contributed by atoms with E-state index in [0.717, 1.165) is 0 Å². The average molecular weight is 713 g/mol. The summed E-state index contributed by atoms with van der Waals surface area (Å²) in [6.45, 7) is -1.06. The molecule has 4 aromatic rings. The van der Waals surface area contributed by atoms with E-state index in [1.54, 1.807) is 0 Å². The normalized spacial score (nSPS) is 34.9. The number of imidazole rings is 2. The fourth-order valence-corrected chi connectivity index (χ4v) is 8.77. The van der Waals surface area contributed by atoms with Gasteiger partial charge in [-0.05, 0) is 0 Å². The van der Waals surface area contributed by atoms with Crippen molar-refractivity contribution in [2.24, 2.45) is 0 Å². The van der Waals surface area contributed by atoms with Gasteiger partial charge in [-0.25, -0.2) is 0 Å². The number of aliphatic hydroxyl groups is 1. The van der Waals surface area contributed by atoms with Crippen molar-refractivity contribution in [3.63, 3.8) is 0 Å². The summed E-state index contributed by atoms with van der Waals surface area (Å²) in [5.74, 6) is -0.138. The SMILES string of the molecule is Nc1nc2c(ncn2[C@@H]2O[C@@H]3CO[PH](O)(S)O[C@H]4[C@@H](F)[C@H](n5cnc6c(N)ncnc65)O[C@@H]4CO[PH](O)(S)O[C@H]3[C@H]2O)c(=O)[nH]1. The average Bonchev–Trinajstić information content (AvgIpc) is 3.72. The molecule has 0 aliphatic carbocycles. The Balaban J connectivity index is 1.16. The third-order valence-electron chi connectivity index (χ3n) is 7.41. The summed E-state index contributed by atoms with van der Waals surface area (Å²) in [7, 11) is -8.91. The Kier molecular flexibility index (Phi) is 7.92. The number of ether oxygens (including phenoxy) is 2. The van der Waals surface area contributed by atoms with Gasteiger partial charge >= 0.3 is 262 Å². The number of thiol groups is 2. The van der Waals surface area contributed by atoms with Crippen molar-refractivity contribution in [1.82, 2.24) is 39.0 Å². The summed E-state index contributed by atoms with van der Waals surface area (Å²) >= 11 is 8.33. The molecule has 0 amide bonds. The van der Waals surface area contributed by atoms with Crippen molar-refractivity contribution >= 4 is 72.9 Å². The van der Waals surface area contributed by atoms with Gasteiger partial charge in [0.1, 0.15) is 0 Å². The van der Waals surface area contributed by atoms with Crippen LogP contribution in [0.1, 0.15) is 12.5 Å². The van der Waals surface area contributed by atoms with Gasteiger partial charge in [0.05, 0.1) is 0 Å². The Morgan fingerprint density at radius 3 is 2.22 bits per heavy atom. The van der Waals surface area contributed by atoms with Crippen LogP contribution in [0, 0.1) is 0 Å². The van der Waals surface area contributed by atoms with Gasteiger partial charge in [-0.15, -0.1) is 0 Å². The third-order valence-corrected chi connectivity index (χ3v) is 11.1. The number of H-pyrrole nitrogens is 1. The number of nitrogens with one attached hydrogen (secondary N) is 1. The fourth-order valence-electron chi connectivity index (χ4n) is 5.41. The van der Waals surface area contributed by atoms with Crippen LogP contribution in [-0.4, -0.2) is 104 Å². The Hall–Kier alpha value is -2.37. The van der Waals surface area contributed by atoms with E-state index in [0.29, 0.717) is 0 Å². The number of aliphatic hydroxyl groups excluding tert-OH is 1. The number of fused-ring (bicyclic) bond motifs is 4. The molecule has 0 unspecified atom stereocenters. The summed E-state index contributed by atoms with van der Waals surface area (Å²) in [5.41, 5.74) is 11.2. The van der Waals surface area contributed by atoms with Crippen LogP contribution in [0.5, 0.6) is 0 Å². The Labute approximate surface area is 261 Å². The van der Waals surface area contributed by atoms with Gasteiger partial charge in [0.15, 0.2) is 0 Å². The van der Waals surface area contributed by atoms with Gasteiger partial charge in [-0.1, -0.05) is 0 Å². The van der Waals surface area contributed by atoms with Crippen molar-refractivity contribution in [2.75, 3.05) is 24.7 Å². The van der Waals surface area contributed by atoms with Crippen molar-refractivity contribution < 1.29 is 46.9 Å². The maximum absolute atomic E-state index is 16.0. The second-order valence-corrected chi connectivity index (χ2v) is 16.9. The first-order valence-electron chi connectivity index (χ1n) is 13.1. The van der Waals surface area contributed by atoms with Crippen LogP contribution in [0.2, 0.25) is 0 Å². The Morgan fingerprint density at radius 2 is 1.51 bits per heavy atom. The summed E-state index contributed by atoms with van der Waals surface area (Å²) in [4.78, 5) is 56.8. The van der Waals surface area contributed by atoms with E-state index < -0.39 is 82.2 Å². The van der Waals surface area contributed by atoms with Gasteiger partial charge in [0.25, 0.3) is 0 Å². The minimum atomic E-state index is -4.47. The number of nitrogens with zero attached hydrogens (tertiary/aromatic N) is 7. The molecule has 45 heavy (non-hydrogen) atoms. The van der Waals surface area contributed by atoms with Crippen LogP contribution in [0.25, 0.3) is 22.3 Å². The quantitative estimate of drug-likeness (QED) is 0.0923. The van der Waals surface area contributed by atoms with Gasteiger partial charge in [-0.3, -0.25) is 0 Å². The first-order valence-corrected chi connectivity index (χ1v) is 19.2. The van der Waals surface area contributed by atoms with E-state index in [4.69, 9.17) is 39.0 Å². The van der Waals surface area contributed by atoms with E-state index in [1.807, 2.05) is 0 Å². The molecular weight excluding hydrogens is 685 g/mol. The molecule has 20 nitrogen and oxygen atoms in total. The van der Waals surface area contributed by atoms with E-state index in [1.165, 1.54) is 28.1 Å². The number of aromatic amines is 1. The molecule has 7 rings (SSSR count). The molecule has 3 fully saturated rings. The number of hydrogen-bond acceptors (Lipinski definition) is 19. The zero-order chi connectivity index (χ0) is 31.8.